The average molecular weight is 642 g/mol. The first-order valence-corrected chi connectivity index (χ1v) is 16.6. The van der Waals surface area contributed by atoms with E-state index in [2.05, 4.69) is 148 Å². The van der Waals surface area contributed by atoms with Crippen LogP contribution in [0.5, 0.6) is 0 Å². The highest BCUT2D eigenvalue weighted by Gasteiger charge is 2.44. The van der Waals surface area contributed by atoms with Crippen LogP contribution < -0.4 is 4.90 Å². The van der Waals surface area contributed by atoms with Crippen molar-refractivity contribution in [3.63, 3.8) is 0 Å². The number of fused-ring (bicyclic) bond motifs is 1. The predicted molar refractivity (Wildman–Crippen MR) is 197 cm³/mol. The quantitative estimate of drug-likeness (QED) is 0.166. The number of nitrogens with zero attached hydrogens (tertiary/aromatic N) is 5. The summed E-state index contributed by atoms with van der Waals surface area (Å²) in [5, 5.41) is 5.47. The van der Waals surface area contributed by atoms with Crippen molar-refractivity contribution >= 4 is 11.3 Å². The van der Waals surface area contributed by atoms with Crippen LogP contribution in [0.1, 0.15) is 17.5 Å². The normalized spacial score (nSPS) is 14.4. The van der Waals surface area contributed by atoms with E-state index in [1.165, 1.54) is 12.1 Å². The summed E-state index contributed by atoms with van der Waals surface area (Å²) in [6.07, 6.45) is 15.9. The van der Waals surface area contributed by atoms with Crippen molar-refractivity contribution in [3.8, 4) is 33.6 Å². The molecular weight excluding hydrogens is 606 g/mol. The fourth-order valence-corrected chi connectivity index (χ4v) is 7.17. The van der Waals surface area contributed by atoms with E-state index in [-0.39, 0.29) is 11.7 Å². The van der Waals surface area contributed by atoms with E-state index in [0.29, 0.717) is 0 Å². The lowest BCUT2D eigenvalue weighted by Gasteiger charge is -2.41. The summed E-state index contributed by atoms with van der Waals surface area (Å²) in [5.41, 5.74) is 9.23. The van der Waals surface area contributed by atoms with Gasteiger partial charge in [-0.25, -0.2) is 9.37 Å². The van der Waals surface area contributed by atoms with Crippen molar-refractivity contribution in [1.82, 2.24) is 19.2 Å². The predicted octanol–water partition coefficient (Wildman–Crippen LogP) is 9.66. The number of aromatic nitrogens is 4. The van der Waals surface area contributed by atoms with E-state index in [1.807, 2.05) is 32.4 Å². The van der Waals surface area contributed by atoms with E-state index < -0.39 is 5.54 Å². The van der Waals surface area contributed by atoms with Gasteiger partial charge in [0.05, 0.1) is 11.9 Å². The number of halogens is 1. The van der Waals surface area contributed by atoms with Gasteiger partial charge in [0.2, 0.25) is 0 Å². The Bertz CT molecular complexity index is 2240. The molecule has 0 amide bonds. The molecule has 0 fully saturated rings. The average Bonchev–Trinajstić information content (AvgIpc) is 3.79. The van der Waals surface area contributed by atoms with Crippen LogP contribution in [0.2, 0.25) is 0 Å². The maximum Gasteiger partial charge on any atom is 0.137 e. The highest BCUT2D eigenvalue weighted by molar-refractivity contribution is 5.81. The number of allylic oxidation sites excluding steroid dienone is 4. The van der Waals surface area contributed by atoms with Gasteiger partial charge in [0, 0.05) is 60.3 Å². The first-order chi connectivity index (χ1) is 24.0. The van der Waals surface area contributed by atoms with Crippen LogP contribution in [0.3, 0.4) is 0 Å². The molecule has 3 aromatic heterocycles. The molecule has 240 valence electrons. The first-order valence-electron chi connectivity index (χ1n) is 16.6. The molecule has 1 aliphatic rings. The van der Waals surface area contributed by atoms with Gasteiger partial charge in [-0.3, -0.25) is 9.08 Å². The lowest BCUT2D eigenvalue weighted by atomic mass is 9.70. The standard InChI is InChI=1S/C43H36FN5/c1-47(2)38-25-20-31(21-26-38)40-28-45-41-27-22-33(29-48(40)41)39-30-49(46-42(39)32-18-23-37(44)24-19-32)43(34-12-6-3-7-13-34,35-14-8-4-9-15-35)36-16-10-5-11-17-36/h3-16,18-30,36H,17H2,1-2H3. The molecule has 49 heavy (non-hydrogen) atoms. The van der Waals surface area contributed by atoms with Crippen LogP contribution in [-0.4, -0.2) is 33.3 Å². The minimum Gasteiger partial charge on any atom is -0.378 e. The van der Waals surface area contributed by atoms with Crippen LogP contribution in [0.25, 0.3) is 39.3 Å². The number of hydrogen-bond acceptors (Lipinski definition) is 3. The lowest BCUT2D eigenvalue weighted by molar-refractivity contribution is 0.293. The van der Waals surface area contributed by atoms with Crippen molar-refractivity contribution in [2.75, 3.05) is 19.0 Å². The molecule has 0 bridgehead atoms. The molecular formula is C43H36FN5. The zero-order chi connectivity index (χ0) is 33.4. The summed E-state index contributed by atoms with van der Waals surface area (Å²) in [5.74, 6) is -0.208. The second-order valence-electron chi connectivity index (χ2n) is 12.7. The Kier molecular flexibility index (Phi) is 7.77. The third kappa shape index (κ3) is 5.35. The van der Waals surface area contributed by atoms with E-state index in [0.717, 1.165) is 62.5 Å². The van der Waals surface area contributed by atoms with Crippen LogP contribution in [0.4, 0.5) is 10.1 Å². The largest absolute Gasteiger partial charge is 0.378 e. The minimum absolute atomic E-state index is 0.0731. The van der Waals surface area contributed by atoms with E-state index in [4.69, 9.17) is 10.1 Å². The summed E-state index contributed by atoms with van der Waals surface area (Å²) < 4.78 is 18.6. The number of rotatable bonds is 8. The molecule has 7 aromatic rings. The summed E-state index contributed by atoms with van der Waals surface area (Å²) in [6.45, 7) is 0. The number of hydrogen-bond donors (Lipinski definition) is 0. The summed E-state index contributed by atoms with van der Waals surface area (Å²) >= 11 is 0. The zero-order valence-electron chi connectivity index (χ0n) is 27.5. The Morgan fingerprint density at radius 2 is 1.37 bits per heavy atom. The Morgan fingerprint density at radius 1 is 0.714 bits per heavy atom. The van der Waals surface area contributed by atoms with Gasteiger partial charge in [0.1, 0.15) is 22.7 Å². The number of pyridine rings is 1. The Balaban J connectivity index is 1.38. The van der Waals surface area contributed by atoms with Gasteiger partial charge in [-0.15, -0.1) is 0 Å². The van der Waals surface area contributed by atoms with Crippen molar-refractivity contribution in [1.29, 1.82) is 0 Å². The highest BCUT2D eigenvalue weighted by atomic mass is 19.1. The molecule has 1 unspecified atom stereocenters. The Labute approximate surface area is 285 Å². The lowest BCUT2D eigenvalue weighted by Crippen LogP contribution is -2.43. The van der Waals surface area contributed by atoms with Crippen LogP contribution in [0, 0.1) is 11.7 Å². The third-order valence-corrected chi connectivity index (χ3v) is 9.63. The summed E-state index contributed by atoms with van der Waals surface area (Å²) in [4.78, 5) is 6.83. The molecule has 1 atom stereocenters. The second-order valence-corrected chi connectivity index (χ2v) is 12.7. The van der Waals surface area contributed by atoms with Crippen molar-refractivity contribution in [2.24, 2.45) is 5.92 Å². The molecule has 3 heterocycles. The molecule has 0 saturated heterocycles. The van der Waals surface area contributed by atoms with Gasteiger partial charge in [-0.05, 0) is 66.1 Å². The molecule has 0 N–H and O–H groups in total. The molecule has 0 radical (unpaired) electrons. The fraction of sp³-hybridized carbons (Fsp3) is 0.116. The molecule has 0 aliphatic heterocycles. The number of imidazole rings is 1. The maximum absolute atomic E-state index is 14.3. The molecule has 0 saturated carbocycles. The Morgan fingerprint density at radius 3 is 2.00 bits per heavy atom. The smallest absolute Gasteiger partial charge is 0.137 e. The van der Waals surface area contributed by atoms with Gasteiger partial charge in [0.15, 0.2) is 0 Å². The molecule has 4 aromatic carbocycles. The SMILES string of the molecule is CN(C)c1ccc(-c2cnc3ccc(-c4cn(C(c5ccccc5)(c5ccccc5)C5C=CC=CC5)nc4-c4ccc(F)cc4)cn23)cc1. The monoisotopic (exact) mass is 641 g/mol. The van der Waals surface area contributed by atoms with Gasteiger partial charge >= 0.3 is 0 Å². The topological polar surface area (TPSA) is 38.4 Å². The molecule has 6 heteroatoms. The molecule has 8 rings (SSSR count). The van der Waals surface area contributed by atoms with Crippen molar-refractivity contribution in [2.45, 2.75) is 12.0 Å². The molecule has 1 aliphatic carbocycles. The van der Waals surface area contributed by atoms with Gasteiger partial charge in [0.25, 0.3) is 0 Å². The van der Waals surface area contributed by atoms with Crippen LogP contribution in [0.15, 0.2) is 164 Å². The summed E-state index contributed by atoms with van der Waals surface area (Å²) in [7, 11) is 4.08. The van der Waals surface area contributed by atoms with Gasteiger partial charge < -0.3 is 4.90 Å². The van der Waals surface area contributed by atoms with Crippen molar-refractivity contribution < 1.29 is 4.39 Å². The minimum atomic E-state index is -0.671. The summed E-state index contributed by atoms with van der Waals surface area (Å²) in [6, 6.07) is 40.6. The Hall–Kier alpha value is -6.01. The van der Waals surface area contributed by atoms with E-state index in [1.54, 1.807) is 0 Å². The van der Waals surface area contributed by atoms with Crippen LogP contribution >= 0.6 is 0 Å². The highest BCUT2D eigenvalue weighted by Crippen LogP contribution is 2.46. The molecule has 0 spiro atoms. The zero-order valence-corrected chi connectivity index (χ0v) is 27.5. The van der Waals surface area contributed by atoms with Crippen molar-refractivity contribution in [3.05, 3.63) is 181 Å². The van der Waals surface area contributed by atoms with E-state index in [9.17, 15) is 4.39 Å². The van der Waals surface area contributed by atoms with Crippen LogP contribution in [-0.2, 0) is 5.54 Å². The first kappa shape index (κ1) is 30.3. The van der Waals surface area contributed by atoms with Gasteiger partial charge in [-0.2, -0.15) is 5.10 Å². The number of benzene rings is 4. The third-order valence-electron chi connectivity index (χ3n) is 9.63. The van der Waals surface area contributed by atoms with Gasteiger partial charge in [-0.1, -0.05) is 97.1 Å². The maximum atomic E-state index is 14.3. The fourth-order valence-electron chi connectivity index (χ4n) is 7.17. The molecule has 5 nitrogen and oxygen atoms in total. The number of anilines is 1. The van der Waals surface area contributed by atoms with E-state index >= 15 is 0 Å². The second kappa shape index (κ2) is 12.5.